The highest BCUT2D eigenvalue weighted by molar-refractivity contribution is 6.31. The molecule has 0 saturated carbocycles. The number of terminal acetylenes is 1. The van der Waals surface area contributed by atoms with E-state index < -0.39 is 0 Å². The summed E-state index contributed by atoms with van der Waals surface area (Å²) in [6, 6.07) is 0. The number of hydrogen-bond acceptors (Lipinski definition) is 1. The van der Waals surface area contributed by atoms with Crippen LogP contribution < -0.4 is 0 Å². The van der Waals surface area contributed by atoms with Crippen molar-refractivity contribution in [2.45, 2.75) is 6.92 Å². The maximum Gasteiger partial charge on any atom is 0.0630 e. The molecule has 1 nitrogen and oxygen atoms in total. The molecule has 0 aliphatic carbocycles. The summed E-state index contributed by atoms with van der Waals surface area (Å²) in [7, 11) is 0. The minimum absolute atomic E-state index is 0.621. The van der Waals surface area contributed by atoms with Gasteiger partial charge in [-0.25, -0.2) is 0 Å². The second-order valence-electron chi connectivity index (χ2n) is 1.94. The third-order valence-corrected chi connectivity index (χ3v) is 1.69. The van der Waals surface area contributed by atoms with Gasteiger partial charge in [0.2, 0.25) is 0 Å². The summed E-state index contributed by atoms with van der Waals surface area (Å²) in [6.07, 6.45) is 8.38. The molecule has 1 aromatic heterocycles. The standard InChI is InChI=1S/C8H6ClN/c1-3-7-4-10-5-8(9)6(7)2/h1,4-5H,2H3. The predicted molar refractivity (Wildman–Crippen MR) is 41.9 cm³/mol. The highest BCUT2D eigenvalue weighted by Crippen LogP contribution is 2.15. The van der Waals surface area contributed by atoms with E-state index in [1.54, 1.807) is 12.4 Å². The van der Waals surface area contributed by atoms with Gasteiger partial charge in [-0.3, -0.25) is 4.98 Å². The van der Waals surface area contributed by atoms with Crippen molar-refractivity contribution in [3.05, 3.63) is 28.5 Å². The average molecular weight is 152 g/mol. The monoisotopic (exact) mass is 151 g/mol. The van der Waals surface area contributed by atoms with Gasteiger partial charge >= 0.3 is 0 Å². The molecule has 1 aromatic rings. The van der Waals surface area contributed by atoms with Crippen molar-refractivity contribution in [2.75, 3.05) is 0 Å². The molecule has 0 spiro atoms. The first kappa shape index (κ1) is 7.11. The maximum absolute atomic E-state index is 5.73. The van der Waals surface area contributed by atoms with Gasteiger partial charge in [-0.15, -0.1) is 6.42 Å². The molecule has 0 aliphatic rings. The third kappa shape index (κ3) is 1.12. The second-order valence-corrected chi connectivity index (χ2v) is 2.35. The van der Waals surface area contributed by atoms with E-state index in [1.165, 1.54) is 0 Å². The fourth-order valence-corrected chi connectivity index (χ4v) is 0.803. The molecular weight excluding hydrogens is 146 g/mol. The van der Waals surface area contributed by atoms with E-state index in [4.69, 9.17) is 18.0 Å². The van der Waals surface area contributed by atoms with Crippen LogP contribution in [0.5, 0.6) is 0 Å². The Morgan fingerprint density at radius 3 is 2.80 bits per heavy atom. The highest BCUT2D eigenvalue weighted by Gasteiger charge is 1.97. The molecule has 0 bridgehead atoms. The zero-order valence-electron chi connectivity index (χ0n) is 5.56. The number of halogens is 1. The fourth-order valence-electron chi connectivity index (χ4n) is 0.645. The third-order valence-electron chi connectivity index (χ3n) is 1.31. The molecule has 0 atom stereocenters. The lowest BCUT2D eigenvalue weighted by Crippen LogP contribution is -1.84. The van der Waals surface area contributed by atoms with Crippen molar-refractivity contribution >= 4 is 11.6 Å². The number of pyridine rings is 1. The molecule has 0 radical (unpaired) electrons. The summed E-state index contributed by atoms with van der Waals surface area (Å²) in [4.78, 5) is 3.84. The molecule has 0 amide bonds. The summed E-state index contributed by atoms with van der Waals surface area (Å²) in [5.41, 5.74) is 1.67. The molecule has 2 heteroatoms. The van der Waals surface area contributed by atoms with Crippen LogP contribution in [0.3, 0.4) is 0 Å². The average Bonchev–Trinajstić information content (AvgIpc) is 1.95. The van der Waals surface area contributed by atoms with Crippen molar-refractivity contribution in [3.63, 3.8) is 0 Å². The molecule has 50 valence electrons. The van der Waals surface area contributed by atoms with E-state index in [9.17, 15) is 0 Å². The molecule has 0 N–H and O–H groups in total. The number of hydrogen-bond donors (Lipinski definition) is 0. The maximum atomic E-state index is 5.73. The normalized spacial score (nSPS) is 8.90. The lowest BCUT2D eigenvalue weighted by atomic mass is 10.2. The minimum Gasteiger partial charge on any atom is -0.262 e. The van der Waals surface area contributed by atoms with Gasteiger partial charge in [-0.05, 0) is 12.5 Å². The highest BCUT2D eigenvalue weighted by atomic mass is 35.5. The Labute approximate surface area is 65.0 Å². The zero-order chi connectivity index (χ0) is 7.56. The van der Waals surface area contributed by atoms with Crippen LogP contribution >= 0.6 is 11.6 Å². The zero-order valence-corrected chi connectivity index (χ0v) is 6.31. The molecule has 0 aliphatic heterocycles. The van der Waals surface area contributed by atoms with Gasteiger partial charge in [0.25, 0.3) is 0 Å². The van der Waals surface area contributed by atoms with Crippen LogP contribution in [-0.2, 0) is 0 Å². The Morgan fingerprint density at radius 2 is 2.30 bits per heavy atom. The summed E-state index contributed by atoms with van der Waals surface area (Å²) in [6.45, 7) is 1.87. The van der Waals surface area contributed by atoms with Gasteiger partial charge < -0.3 is 0 Å². The molecule has 1 heterocycles. The van der Waals surface area contributed by atoms with Crippen LogP contribution in [-0.4, -0.2) is 4.98 Å². The SMILES string of the molecule is C#Cc1cncc(Cl)c1C. The van der Waals surface area contributed by atoms with Crippen LogP contribution in [0.2, 0.25) is 5.02 Å². The largest absolute Gasteiger partial charge is 0.262 e. The van der Waals surface area contributed by atoms with E-state index in [2.05, 4.69) is 10.9 Å². The lowest BCUT2D eigenvalue weighted by Gasteiger charge is -1.97. The molecular formula is C8H6ClN. The van der Waals surface area contributed by atoms with Crippen LogP contribution in [0.1, 0.15) is 11.1 Å². The second kappa shape index (κ2) is 2.72. The Bertz CT molecular complexity index is 286. The molecule has 0 unspecified atom stereocenters. The smallest absolute Gasteiger partial charge is 0.0630 e. The van der Waals surface area contributed by atoms with Crippen LogP contribution in [0.4, 0.5) is 0 Å². The van der Waals surface area contributed by atoms with E-state index in [0.29, 0.717) is 5.02 Å². The number of rotatable bonds is 0. The van der Waals surface area contributed by atoms with Gasteiger partial charge in [-0.2, -0.15) is 0 Å². The van der Waals surface area contributed by atoms with E-state index in [1.807, 2.05) is 6.92 Å². The molecule has 10 heavy (non-hydrogen) atoms. The Hall–Kier alpha value is -1.00. The summed E-state index contributed by atoms with van der Waals surface area (Å²) >= 11 is 5.73. The first-order valence-electron chi connectivity index (χ1n) is 2.82. The quantitative estimate of drug-likeness (QED) is 0.517. The molecule has 0 aromatic carbocycles. The van der Waals surface area contributed by atoms with Crippen molar-refractivity contribution in [1.29, 1.82) is 0 Å². The van der Waals surface area contributed by atoms with Crippen molar-refractivity contribution in [3.8, 4) is 12.3 Å². The van der Waals surface area contributed by atoms with Gasteiger partial charge in [0.1, 0.15) is 0 Å². The number of nitrogens with zero attached hydrogens (tertiary/aromatic N) is 1. The number of aromatic nitrogens is 1. The van der Waals surface area contributed by atoms with Crippen molar-refractivity contribution < 1.29 is 0 Å². The molecule has 0 fully saturated rings. The fraction of sp³-hybridized carbons (Fsp3) is 0.125. The Kier molecular flexibility index (Phi) is 1.94. The minimum atomic E-state index is 0.621. The van der Waals surface area contributed by atoms with E-state index in [0.717, 1.165) is 11.1 Å². The van der Waals surface area contributed by atoms with Crippen LogP contribution in [0.25, 0.3) is 0 Å². The van der Waals surface area contributed by atoms with Crippen LogP contribution in [0.15, 0.2) is 12.4 Å². The summed E-state index contributed by atoms with van der Waals surface area (Å²) in [5.74, 6) is 2.49. The summed E-state index contributed by atoms with van der Waals surface area (Å²) in [5, 5.41) is 0.621. The van der Waals surface area contributed by atoms with Gasteiger partial charge in [0.15, 0.2) is 0 Å². The van der Waals surface area contributed by atoms with Gasteiger partial charge in [-0.1, -0.05) is 17.5 Å². The van der Waals surface area contributed by atoms with Crippen molar-refractivity contribution in [2.24, 2.45) is 0 Å². The predicted octanol–water partition coefficient (Wildman–Crippen LogP) is 2.02. The van der Waals surface area contributed by atoms with E-state index >= 15 is 0 Å². The first-order chi connectivity index (χ1) is 4.75. The Morgan fingerprint density at radius 1 is 1.60 bits per heavy atom. The van der Waals surface area contributed by atoms with E-state index in [-0.39, 0.29) is 0 Å². The molecule has 1 rings (SSSR count). The van der Waals surface area contributed by atoms with Crippen LogP contribution in [0, 0.1) is 19.3 Å². The van der Waals surface area contributed by atoms with Gasteiger partial charge in [0.05, 0.1) is 5.02 Å². The first-order valence-corrected chi connectivity index (χ1v) is 3.20. The lowest BCUT2D eigenvalue weighted by molar-refractivity contribution is 1.27. The molecule has 0 saturated heterocycles. The van der Waals surface area contributed by atoms with Crippen molar-refractivity contribution in [1.82, 2.24) is 4.98 Å². The Balaban J connectivity index is 3.31. The van der Waals surface area contributed by atoms with Gasteiger partial charge in [0, 0.05) is 18.0 Å². The topological polar surface area (TPSA) is 12.9 Å². The summed E-state index contributed by atoms with van der Waals surface area (Å²) < 4.78 is 0.